The third-order valence-electron chi connectivity index (χ3n) is 30.0. The van der Waals surface area contributed by atoms with Crippen molar-refractivity contribution in [3.63, 3.8) is 0 Å². The molecule has 6 aromatic heterocycles. The Morgan fingerprint density at radius 1 is 0.212 bits per heavy atom. The Kier molecular flexibility index (Phi) is 16.5. The summed E-state index contributed by atoms with van der Waals surface area (Å²) in [5.41, 5.74) is 30.0. The van der Waals surface area contributed by atoms with Gasteiger partial charge in [0.1, 0.15) is 0 Å². The van der Waals surface area contributed by atoms with E-state index in [0.717, 1.165) is 149 Å². The summed E-state index contributed by atoms with van der Waals surface area (Å²) >= 11 is 0. The average Bonchev–Trinajstić information content (AvgIpc) is 1.68. The van der Waals surface area contributed by atoms with Crippen LogP contribution in [-0.4, -0.2) is 25.0 Å². The number of nitrogens with zero attached hydrogens (tertiary/aromatic N) is 6. The average molecular weight is 1790 g/mol. The van der Waals surface area contributed by atoms with Gasteiger partial charge in [-0.25, -0.2) is 0 Å². The molecular formula is C128H121BN6O2. The van der Waals surface area contributed by atoms with Gasteiger partial charge in [-0.15, -0.1) is 0 Å². The lowest BCUT2D eigenvalue weighted by Crippen LogP contribution is -2.61. The van der Waals surface area contributed by atoms with Crippen LogP contribution in [0.3, 0.4) is 0 Å². The zero-order chi connectivity index (χ0) is 102. The normalized spacial score (nSPS) is 14.6. The third-order valence-corrected chi connectivity index (χ3v) is 30.0. The van der Waals surface area contributed by atoms with E-state index < -0.39 is 55.1 Å². The molecule has 0 N–H and O–H groups in total. The summed E-state index contributed by atoms with van der Waals surface area (Å²) in [4.78, 5) is 4.88. The molecule has 0 unspecified atom stereocenters. The van der Waals surface area contributed by atoms with Crippen LogP contribution in [-0.2, 0) is 43.3 Å². The van der Waals surface area contributed by atoms with E-state index in [1.807, 2.05) is 6.07 Å². The molecule has 2 aliphatic rings. The van der Waals surface area contributed by atoms with Crippen molar-refractivity contribution in [1.29, 1.82) is 0 Å². The van der Waals surface area contributed by atoms with E-state index in [1.54, 1.807) is 4.57 Å². The number of rotatable bonds is 7. The standard InChI is InChI=1S/C128H121BN6O2/c1-121(2,3)76-45-55-102-92(66-76)93-67-77(122(4,5)6)46-56-103(93)131(102)85-52-54-99-113(73-85)135(111-44-32-38-91-89-36-30-42-109(118(89)137-120(91)111)133-106-59-49-80(125(13,14)15)70-96(106)97-71-81(126(16,17)18)50-60-107(97)133)115-64-75(74-61-82(127(19,20)21)65-83(62-74)128(22,23)24)63-114-116(115)129(99)98-53-51-84(130-100-39-27-25-33-86(100)87-34-26-28-40-101(87)130)72-112(98)134(114)110-43-31-37-90-88-35-29-41-108(117(88)136-119(90)110)132-104-57-47-78(123(7,8)9)68-94(104)95-69-79(124(10,11)12)48-58-105(95)132/h25-73H,1-24H3/i25D,26D,27D,28D,33D,34D,39D,40D. The number of anilines is 6. The number of hydrogen-bond acceptors (Lipinski definition) is 4. The minimum atomic E-state index is -0.607. The lowest BCUT2D eigenvalue weighted by atomic mass is 9.33. The minimum absolute atomic E-state index is 0.0128. The van der Waals surface area contributed by atoms with Gasteiger partial charge in [0.05, 0.1) is 77.8 Å². The van der Waals surface area contributed by atoms with Crippen LogP contribution in [0.5, 0.6) is 0 Å². The van der Waals surface area contributed by atoms with Gasteiger partial charge < -0.3 is 36.9 Å². The van der Waals surface area contributed by atoms with Crippen LogP contribution in [0.25, 0.3) is 165 Å². The molecule has 0 saturated heterocycles. The molecule has 0 spiro atoms. The maximum atomic E-state index is 10.1. The molecule has 137 heavy (non-hydrogen) atoms. The van der Waals surface area contributed by atoms with E-state index in [0.29, 0.717) is 33.8 Å². The molecule has 8 nitrogen and oxygen atoms in total. The molecule has 0 bridgehead atoms. The molecule has 22 aromatic rings. The Bertz CT molecular complexity index is 9160. The maximum Gasteiger partial charge on any atom is 0.252 e. The van der Waals surface area contributed by atoms with Crippen LogP contribution in [0, 0.1) is 0 Å². The Labute approximate surface area is 816 Å². The zero-order valence-electron chi connectivity index (χ0n) is 91.2. The molecule has 0 radical (unpaired) electrons. The molecule has 9 heteroatoms. The van der Waals surface area contributed by atoms with Crippen molar-refractivity contribution < 1.29 is 19.8 Å². The van der Waals surface area contributed by atoms with Crippen molar-refractivity contribution in [3.05, 3.63) is 342 Å². The predicted molar refractivity (Wildman–Crippen MR) is 587 cm³/mol. The van der Waals surface area contributed by atoms with E-state index in [9.17, 15) is 11.0 Å². The Hall–Kier alpha value is -14.0. The van der Waals surface area contributed by atoms with Crippen LogP contribution in [0.1, 0.15) is 222 Å². The fraction of sp³-hybridized carbons (Fsp3) is 0.250. The number of para-hydroxylation sites is 6. The van der Waals surface area contributed by atoms with Gasteiger partial charge in [0.15, 0.2) is 22.3 Å². The monoisotopic (exact) mass is 1790 g/mol. The van der Waals surface area contributed by atoms with Gasteiger partial charge in [-0.05, 0) is 261 Å². The minimum Gasteiger partial charge on any atom is -0.452 e. The summed E-state index contributed by atoms with van der Waals surface area (Å²) in [6.07, 6.45) is 0. The fourth-order valence-corrected chi connectivity index (χ4v) is 22.2. The largest absolute Gasteiger partial charge is 0.452 e. The van der Waals surface area contributed by atoms with Gasteiger partial charge in [0.2, 0.25) is 0 Å². The van der Waals surface area contributed by atoms with Crippen molar-refractivity contribution in [3.8, 4) is 33.9 Å². The number of fused-ring (bicyclic) bond motifs is 22. The van der Waals surface area contributed by atoms with Gasteiger partial charge >= 0.3 is 0 Å². The zero-order valence-corrected chi connectivity index (χ0v) is 83.2. The smallest absolute Gasteiger partial charge is 0.252 e. The number of benzene rings is 16. The van der Waals surface area contributed by atoms with Crippen LogP contribution >= 0.6 is 0 Å². The molecule has 0 atom stereocenters. The number of aromatic nitrogens is 4. The Morgan fingerprint density at radius 2 is 0.482 bits per heavy atom. The fourth-order valence-electron chi connectivity index (χ4n) is 22.2. The van der Waals surface area contributed by atoms with Gasteiger partial charge in [-0.1, -0.05) is 318 Å². The van der Waals surface area contributed by atoms with E-state index >= 15 is 0 Å². The van der Waals surface area contributed by atoms with Crippen molar-refractivity contribution in [2.45, 2.75) is 209 Å². The number of hydrogen-bond donors (Lipinski definition) is 0. The molecule has 0 aliphatic carbocycles. The molecule has 0 amide bonds. The Morgan fingerprint density at radius 3 is 0.788 bits per heavy atom. The van der Waals surface area contributed by atoms with Crippen LogP contribution in [0.4, 0.5) is 34.1 Å². The first-order chi connectivity index (χ1) is 68.3. The van der Waals surface area contributed by atoms with Crippen LogP contribution < -0.4 is 26.2 Å². The summed E-state index contributed by atoms with van der Waals surface area (Å²) in [7, 11) is 0. The second-order valence-corrected chi connectivity index (χ2v) is 47.3. The molecule has 0 fully saturated rings. The molecule has 8 heterocycles. The van der Waals surface area contributed by atoms with Crippen LogP contribution in [0.2, 0.25) is 0 Å². The van der Waals surface area contributed by atoms with Gasteiger partial charge in [-0.3, -0.25) is 0 Å². The lowest BCUT2D eigenvalue weighted by Gasteiger charge is -2.44. The van der Waals surface area contributed by atoms with Crippen molar-refractivity contribution in [1.82, 2.24) is 18.3 Å². The van der Waals surface area contributed by atoms with Crippen molar-refractivity contribution in [2.24, 2.45) is 0 Å². The maximum absolute atomic E-state index is 10.1. The van der Waals surface area contributed by atoms with Gasteiger partial charge in [0, 0.05) is 98.8 Å². The topological polar surface area (TPSA) is 52.5 Å². The van der Waals surface area contributed by atoms with Crippen molar-refractivity contribution >= 4 is 188 Å². The lowest BCUT2D eigenvalue weighted by molar-refractivity contribution is 0.569. The summed E-state index contributed by atoms with van der Waals surface area (Å²) < 4.78 is 102. The highest BCUT2D eigenvalue weighted by atomic mass is 16.3. The highest BCUT2D eigenvalue weighted by Gasteiger charge is 2.46. The highest BCUT2D eigenvalue weighted by Crippen LogP contribution is 2.55. The van der Waals surface area contributed by atoms with E-state index in [-0.39, 0.29) is 65.1 Å². The second-order valence-electron chi connectivity index (χ2n) is 47.3. The molecular weight excluding hydrogens is 1660 g/mol. The van der Waals surface area contributed by atoms with Gasteiger partial charge in [-0.2, -0.15) is 0 Å². The quantitative estimate of drug-likeness (QED) is 0.149. The second kappa shape index (κ2) is 29.3. The third kappa shape index (κ3) is 13.3. The number of furan rings is 2. The molecule has 678 valence electrons. The Balaban J connectivity index is 0.855. The van der Waals surface area contributed by atoms with E-state index in [4.69, 9.17) is 8.83 Å². The van der Waals surface area contributed by atoms with Crippen molar-refractivity contribution in [2.75, 3.05) is 9.80 Å². The molecule has 24 rings (SSSR count). The summed E-state index contributed by atoms with van der Waals surface area (Å²) in [5, 5.41) is 10.6. The molecule has 0 saturated carbocycles. The summed E-state index contributed by atoms with van der Waals surface area (Å²) in [5.74, 6) is 0. The SMILES string of the molecule is [2H]c1c([2H])c([2H])c2c(c1[2H])c1c([2H])c([2H])c([2H])c([2H])c1n2-c1ccc2c(c1)N(c1cccc3c1oc1c(-n4c5ccc(C(C)(C)C)cc5c5cc(C(C)(C)C)ccc54)cccc13)c1cc(-c3cc(C(C)(C)C)cc(C(C)(C)C)c3)cc3c1B2c1ccc(-n2c4ccc(C(C)(C)C)cc4c4cc(C(C)(C)C)ccc42)cc1N3c1cccc2c1oc1c(-n3c4ccc(C(C)(C)C)cc4c4cc(C(C)(C)C)ccc43)cccc12. The van der Waals surface area contributed by atoms with E-state index in [1.165, 1.54) is 55.3 Å². The predicted octanol–water partition coefficient (Wildman–Crippen LogP) is 34.0. The highest BCUT2D eigenvalue weighted by molar-refractivity contribution is 7.00. The van der Waals surface area contributed by atoms with Gasteiger partial charge in [0.25, 0.3) is 6.71 Å². The summed E-state index contributed by atoms with van der Waals surface area (Å²) in [6, 6.07) is 89.8. The first-order valence-corrected chi connectivity index (χ1v) is 48.7. The van der Waals surface area contributed by atoms with E-state index in [2.05, 4.69) is 432 Å². The first kappa shape index (κ1) is 77.2. The molecule has 2 aliphatic heterocycles. The van der Waals surface area contributed by atoms with Crippen LogP contribution in [0.15, 0.2) is 306 Å². The molecule has 16 aromatic carbocycles. The summed E-state index contributed by atoms with van der Waals surface area (Å²) in [6.45, 7) is 54.3. The first-order valence-electron chi connectivity index (χ1n) is 52.7.